The topological polar surface area (TPSA) is 32.7 Å². The number of alkyl halides is 3. The smallest absolute Gasteiger partial charge is 0.383 e. The molecule has 1 aliphatic heterocycles. The van der Waals surface area contributed by atoms with Gasteiger partial charge < -0.3 is 14.7 Å². The Labute approximate surface area is 106 Å². The van der Waals surface area contributed by atoms with Crippen LogP contribution in [0.3, 0.4) is 0 Å². The van der Waals surface area contributed by atoms with Gasteiger partial charge in [0.05, 0.1) is 12.7 Å². The Hall–Kier alpha value is -0.330. The van der Waals surface area contributed by atoms with E-state index in [0.717, 1.165) is 6.54 Å². The van der Waals surface area contributed by atoms with Crippen molar-refractivity contribution in [1.29, 1.82) is 0 Å². The van der Waals surface area contributed by atoms with E-state index in [4.69, 9.17) is 4.74 Å². The molecule has 0 spiro atoms. The number of rotatable bonds is 5. The fourth-order valence-electron chi connectivity index (χ4n) is 2.18. The number of hydrogen-bond acceptors (Lipinski definition) is 3. The van der Waals surface area contributed by atoms with Crippen molar-refractivity contribution < 1.29 is 23.0 Å². The molecule has 0 aromatic heterocycles. The fraction of sp³-hybridized carbons (Fsp3) is 1.00. The monoisotopic (exact) mass is 269 g/mol. The van der Waals surface area contributed by atoms with E-state index in [1.54, 1.807) is 0 Å². The lowest BCUT2D eigenvalue weighted by atomic mass is 9.91. The van der Waals surface area contributed by atoms with Crippen molar-refractivity contribution in [3.05, 3.63) is 0 Å². The minimum atomic E-state index is -4.49. The van der Waals surface area contributed by atoms with E-state index in [-0.39, 0.29) is 6.10 Å². The molecule has 108 valence electrons. The van der Waals surface area contributed by atoms with Crippen LogP contribution in [0, 0.1) is 5.92 Å². The number of aliphatic hydroxyl groups is 1. The van der Waals surface area contributed by atoms with Gasteiger partial charge in [0.1, 0.15) is 0 Å². The Kier molecular flexibility index (Phi) is 5.88. The van der Waals surface area contributed by atoms with Crippen molar-refractivity contribution >= 4 is 0 Å². The first-order valence-electron chi connectivity index (χ1n) is 6.39. The average molecular weight is 269 g/mol. The number of ether oxygens (including phenoxy) is 1. The molecule has 1 rings (SSSR count). The van der Waals surface area contributed by atoms with E-state index in [1.165, 1.54) is 0 Å². The first-order valence-corrected chi connectivity index (χ1v) is 6.39. The molecule has 3 nitrogen and oxygen atoms in total. The van der Waals surface area contributed by atoms with Gasteiger partial charge in [-0.25, -0.2) is 0 Å². The second-order valence-electron chi connectivity index (χ2n) is 5.09. The summed E-state index contributed by atoms with van der Waals surface area (Å²) in [5.74, 6) is -0.660. The van der Waals surface area contributed by atoms with E-state index in [9.17, 15) is 18.3 Å². The van der Waals surface area contributed by atoms with Crippen LogP contribution in [0.25, 0.3) is 0 Å². The molecule has 1 aliphatic rings. The third-order valence-electron chi connectivity index (χ3n) is 3.27. The maximum Gasteiger partial charge on any atom is 0.414 e. The maximum atomic E-state index is 12.3. The second kappa shape index (κ2) is 6.73. The Morgan fingerprint density at radius 3 is 2.28 bits per heavy atom. The number of nitrogens with zero attached hydrogens (tertiary/aromatic N) is 1. The van der Waals surface area contributed by atoms with Crippen LogP contribution < -0.4 is 0 Å². The Bertz CT molecular complexity index is 238. The highest BCUT2D eigenvalue weighted by atomic mass is 19.4. The van der Waals surface area contributed by atoms with Gasteiger partial charge in [-0.1, -0.05) is 0 Å². The minimum absolute atomic E-state index is 0.176. The summed E-state index contributed by atoms with van der Waals surface area (Å²) in [6.45, 7) is 6.44. The third kappa shape index (κ3) is 5.12. The zero-order valence-corrected chi connectivity index (χ0v) is 10.9. The van der Waals surface area contributed by atoms with Gasteiger partial charge in [-0.05, 0) is 45.7 Å². The van der Waals surface area contributed by atoms with Crippen LogP contribution in [0.4, 0.5) is 13.2 Å². The minimum Gasteiger partial charge on any atom is -0.383 e. The Morgan fingerprint density at radius 2 is 1.83 bits per heavy atom. The van der Waals surface area contributed by atoms with Crippen LogP contribution in [0.5, 0.6) is 0 Å². The number of piperidine rings is 1. The molecule has 18 heavy (non-hydrogen) atoms. The number of hydrogen-bond donors (Lipinski definition) is 1. The molecule has 1 N–H and O–H groups in total. The number of halogens is 3. The molecule has 0 aromatic carbocycles. The molecular weight excluding hydrogens is 247 g/mol. The summed E-state index contributed by atoms with van der Waals surface area (Å²) < 4.78 is 42.4. The zero-order chi connectivity index (χ0) is 13.8. The van der Waals surface area contributed by atoms with E-state index in [2.05, 4.69) is 4.90 Å². The second-order valence-corrected chi connectivity index (χ2v) is 5.09. The fourth-order valence-corrected chi connectivity index (χ4v) is 2.18. The molecule has 0 radical (unpaired) electrons. The predicted octanol–water partition coefficient (Wildman–Crippen LogP) is 2.05. The largest absolute Gasteiger partial charge is 0.414 e. The summed E-state index contributed by atoms with van der Waals surface area (Å²) in [6.07, 6.45) is -5.71. The standard InChI is InChI=1S/C12H22F3NO2/c1-9(2)18-8-7-16-5-3-10(4-6-16)11(17)12(13,14)15/h9-11,17H,3-8H2,1-2H3. The summed E-state index contributed by atoms with van der Waals surface area (Å²) in [5, 5.41) is 9.18. The van der Waals surface area contributed by atoms with Crippen molar-refractivity contribution in [1.82, 2.24) is 4.90 Å². The molecule has 1 fully saturated rings. The van der Waals surface area contributed by atoms with Crippen molar-refractivity contribution in [2.24, 2.45) is 5.92 Å². The normalized spacial score (nSPS) is 21.5. The maximum absolute atomic E-state index is 12.3. The highest BCUT2D eigenvalue weighted by molar-refractivity contribution is 4.81. The van der Waals surface area contributed by atoms with Gasteiger partial charge >= 0.3 is 6.18 Å². The molecule has 1 saturated heterocycles. The molecule has 1 heterocycles. The molecule has 1 atom stereocenters. The van der Waals surface area contributed by atoms with Gasteiger partial charge in [-0.15, -0.1) is 0 Å². The van der Waals surface area contributed by atoms with Gasteiger partial charge in [0.15, 0.2) is 6.10 Å². The zero-order valence-electron chi connectivity index (χ0n) is 10.9. The lowest BCUT2D eigenvalue weighted by Crippen LogP contribution is -2.44. The lowest BCUT2D eigenvalue weighted by Gasteiger charge is -2.34. The van der Waals surface area contributed by atoms with E-state index >= 15 is 0 Å². The van der Waals surface area contributed by atoms with Crippen molar-refractivity contribution in [3.63, 3.8) is 0 Å². The van der Waals surface area contributed by atoms with Gasteiger partial charge in [0, 0.05) is 6.54 Å². The number of likely N-dealkylation sites (tertiary alicyclic amines) is 1. The Balaban J connectivity index is 2.24. The third-order valence-corrected chi connectivity index (χ3v) is 3.27. The van der Waals surface area contributed by atoms with Crippen LogP contribution >= 0.6 is 0 Å². The molecule has 0 aromatic rings. The summed E-state index contributed by atoms with van der Waals surface area (Å²) in [7, 11) is 0. The first kappa shape index (κ1) is 15.7. The van der Waals surface area contributed by atoms with Gasteiger partial charge in [0.25, 0.3) is 0 Å². The van der Waals surface area contributed by atoms with Crippen LogP contribution in [-0.4, -0.2) is 54.6 Å². The summed E-state index contributed by atoms with van der Waals surface area (Å²) in [5.41, 5.74) is 0. The molecular formula is C12H22F3NO2. The van der Waals surface area contributed by atoms with Crippen molar-refractivity contribution in [2.75, 3.05) is 26.2 Å². The first-order chi connectivity index (χ1) is 8.30. The molecule has 0 bridgehead atoms. The van der Waals surface area contributed by atoms with Crippen LogP contribution in [0.1, 0.15) is 26.7 Å². The van der Waals surface area contributed by atoms with E-state index in [1.807, 2.05) is 13.8 Å². The molecule has 0 aliphatic carbocycles. The highest BCUT2D eigenvalue weighted by Crippen LogP contribution is 2.31. The molecule has 6 heteroatoms. The Morgan fingerprint density at radius 1 is 1.28 bits per heavy atom. The quantitative estimate of drug-likeness (QED) is 0.829. The van der Waals surface area contributed by atoms with E-state index < -0.39 is 18.2 Å². The molecule has 0 amide bonds. The summed E-state index contributed by atoms with van der Waals surface area (Å²) in [6, 6.07) is 0. The van der Waals surface area contributed by atoms with Crippen molar-refractivity contribution in [2.45, 2.75) is 45.1 Å². The lowest BCUT2D eigenvalue weighted by molar-refractivity contribution is -0.223. The van der Waals surface area contributed by atoms with Gasteiger partial charge in [0.2, 0.25) is 0 Å². The van der Waals surface area contributed by atoms with E-state index in [0.29, 0.717) is 32.5 Å². The number of aliphatic hydroxyl groups excluding tert-OH is 1. The van der Waals surface area contributed by atoms with Crippen LogP contribution in [-0.2, 0) is 4.74 Å². The van der Waals surface area contributed by atoms with Crippen molar-refractivity contribution in [3.8, 4) is 0 Å². The van der Waals surface area contributed by atoms with Crippen LogP contribution in [0.15, 0.2) is 0 Å². The average Bonchev–Trinajstić information content (AvgIpc) is 2.27. The molecule has 1 unspecified atom stereocenters. The summed E-state index contributed by atoms with van der Waals surface area (Å²) in [4.78, 5) is 2.09. The van der Waals surface area contributed by atoms with Gasteiger partial charge in [-0.3, -0.25) is 0 Å². The van der Waals surface area contributed by atoms with Gasteiger partial charge in [-0.2, -0.15) is 13.2 Å². The predicted molar refractivity (Wildman–Crippen MR) is 62.3 cm³/mol. The van der Waals surface area contributed by atoms with Crippen LogP contribution in [0.2, 0.25) is 0 Å². The SMILES string of the molecule is CC(C)OCCN1CCC(C(O)C(F)(F)F)CC1. The summed E-state index contributed by atoms with van der Waals surface area (Å²) >= 11 is 0. The molecule has 0 saturated carbocycles. The highest BCUT2D eigenvalue weighted by Gasteiger charge is 2.44.